The fourth-order valence-electron chi connectivity index (χ4n) is 2.23. The van der Waals surface area contributed by atoms with E-state index in [1.54, 1.807) is 20.2 Å². The first kappa shape index (κ1) is 14.0. The van der Waals surface area contributed by atoms with Gasteiger partial charge in [-0.15, -0.1) is 0 Å². The predicted molar refractivity (Wildman–Crippen MR) is 78.2 cm³/mol. The molecule has 1 aromatic carbocycles. The first-order valence-corrected chi connectivity index (χ1v) is 6.23. The van der Waals surface area contributed by atoms with Crippen molar-refractivity contribution in [2.45, 2.75) is 19.4 Å². The Labute approximate surface area is 117 Å². The summed E-state index contributed by atoms with van der Waals surface area (Å²) in [5.41, 5.74) is 1.02. The van der Waals surface area contributed by atoms with Crippen LogP contribution < -0.4 is 10.1 Å². The Kier molecular flexibility index (Phi) is 3.48. The van der Waals surface area contributed by atoms with Gasteiger partial charge < -0.3 is 10.1 Å². The van der Waals surface area contributed by atoms with E-state index in [0.29, 0.717) is 17.1 Å². The van der Waals surface area contributed by atoms with Gasteiger partial charge in [-0.1, -0.05) is 0 Å². The number of nitrogens with one attached hydrogen (secondary N) is 1. The van der Waals surface area contributed by atoms with E-state index in [0.717, 1.165) is 5.57 Å². The van der Waals surface area contributed by atoms with Crippen molar-refractivity contribution in [3.8, 4) is 5.75 Å². The number of nitro groups is 1. The van der Waals surface area contributed by atoms with Gasteiger partial charge in [0.1, 0.15) is 17.2 Å². The van der Waals surface area contributed by atoms with Gasteiger partial charge >= 0.3 is 0 Å². The molecule has 1 aromatic rings. The van der Waals surface area contributed by atoms with Crippen molar-refractivity contribution in [1.82, 2.24) is 5.32 Å². The molecule has 0 fully saturated rings. The highest BCUT2D eigenvalue weighted by molar-refractivity contribution is 6.23. The Hall–Kier alpha value is -2.37. The molecule has 6 nitrogen and oxygen atoms in total. The fraction of sp³-hybridized carbons (Fsp3) is 0.357. The zero-order valence-electron chi connectivity index (χ0n) is 11.9. The van der Waals surface area contributed by atoms with Crippen molar-refractivity contribution in [3.05, 3.63) is 40.0 Å². The molecule has 0 aliphatic carbocycles. The van der Waals surface area contributed by atoms with Crippen LogP contribution in [0.2, 0.25) is 0 Å². The molecular weight excluding hydrogens is 258 g/mol. The Morgan fingerprint density at radius 2 is 2.15 bits per heavy atom. The first-order chi connectivity index (χ1) is 9.38. The maximum Gasteiger partial charge on any atom is 0.270 e. The average Bonchev–Trinajstić information content (AvgIpc) is 2.38. The highest BCUT2D eigenvalue weighted by Gasteiger charge is 2.29. The van der Waals surface area contributed by atoms with Crippen LogP contribution in [-0.4, -0.2) is 30.5 Å². The van der Waals surface area contributed by atoms with Gasteiger partial charge in [-0.2, -0.15) is 0 Å². The lowest BCUT2D eigenvalue weighted by atomic mass is 9.93. The molecule has 0 aromatic heterocycles. The minimum atomic E-state index is -0.495. The number of aliphatic imine (C=N–C) groups is 1. The van der Waals surface area contributed by atoms with E-state index < -0.39 is 10.5 Å². The number of amidine groups is 1. The van der Waals surface area contributed by atoms with Gasteiger partial charge in [0.05, 0.1) is 4.92 Å². The number of fused-ring (bicyclic) bond motifs is 1. The van der Waals surface area contributed by atoms with Crippen molar-refractivity contribution in [2.24, 2.45) is 4.99 Å². The topological polar surface area (TPSA) is 76.8 Å². The standard InChI is InChI=1S/C14H17N3O3/c1-14(2)8-11(13(15-3)16-4)10-7-9(17(18)19)5-6-12(10)20-14/h5-8H,1-4H3,(H,15,16). The highest BCUT2D eigenvalue weighted by Crippen LogP contribution is 2.38. The summed E-state index contributed by atoms with van der Waals surface area (Å²) in [6.07, 6.45) is 1.91. The van der Waals surface area contributed by atoms with Crippen molar-refractivity contribution in [2.75, 3.05) is 14.1 Å². The molecule has 6 heteroatoms. The summed E-state index contributed by atoms with van der Waals surface area (Å²) >= 11 is 0. The average molecular weight is 275 g/mol. The lowest BCUT2D eigenvalue weighted by molar-refractivity contribution is -0.384. The highest BCUT2D eigenvalue weighted by atomic mass is 16.6. The molecule has 106 valence electrons. The molecule has 0 saturated carbocycles. The molecule has 0 bridgehead atoms. The third-order valence-electron chi connectivity index (χ3n) is 3.04. The second kappa shape index (κ2) is 4.96. The predicted octanol–water partition coefficient (Wildman–Crippen LogP) is 2.40. The van der Waals surface area contributed by atoms with Gasteiger partial charge in [-0.3, -0.25) is 15.1 Å². The lowest BCUT2D eigenvalue weighted by Gasteiger charge is -2.31. The van der Waals surface area contributed by atoms with E-state index in [4.69, 9.17) is 4.74 Å². The van der Waals surface area contributed by atoms with Gasteiger partial charge in [0.25, 0.3) is 5.69 Å². The number of ether oxygens (including phenoxy) is 1. The van der Waals surface area contributed by atoms with E-state index in [1.165, 1.54) is 12.1 Å². The molecule has 0 radical (unpaired) electrons. The molecule has 1 aliphatic rings. The maximum absolute atomic E-state index is 10.9. The second-order valence-corrected chi connectivity index (χ2v) is 5.02. The third-order valence-corrected chi connectivity index (χ3v) is 3.04. The van der Waals surface area contributed by atoms with E-state index in [2.05, 4.69) is 10.3 Å². The van der Waals surface area contributed by atoms with Crippen LogP contribution in [0.15, 0.2) is 29.3 Å². The Bertz CT molecular complexity index is 618. The van der Waals surface area contributed by atoms with E-state index in [1.807, 2.05) is 19.9 Å². The Morgan fingerprint density at radius 1 is 1.45 bits per heavy atom. The molecule has 20 heavy (non-hydrogen) atoms. The van der Waals surface area contributed by atoms with Crippen LogP contribution in [0.5, 0.6) is 5.75 Å². The summed E-state index contributed by atoms with van der Waals surface area (Å²) in [4.78, 5) is 14.7. The van der Waals surface area contributed by atoms with Crippen molar-refractivity contribution >= 4 is 17.1 Å². The monoisotopic (exact) mass is 275 g/mol. The van der Waals surface area contributed by atoms with Gasteiger partial charge in [0, 0.05) is 37.4 Å². The fourth-order valence-corrected chi connectivity index (χ4v) is 2.23. The minimum absolute atomic E-state index is 0.0320. The van der Waals surface area contributed by atoms with Crippen LogP contribution >= 0.6 is 0 Å². The number of hydrogen-bond acceptors (Lipinski definition) is 4. The summed E-state index contributed by atoms with van der Waals surface area (Å²) in [6.45, 7) is 3.86. The minimum Gasteiger partial charge on any atom is -0.483 e. The van der Waals surface area contributed by atoms with Gasteiger partial charge in [-0.05, 0) is 26.0 Å². The number of non-ortho nitro benzene ring substituents is 1. The smallest absolute Gasteiger partial charge is 0.270 e. The quantitative estimate of drug-likeness (QED) is 0.389. The third kappa shape index (κ3) is 2.49. The zero-order chi connectivity index (χ0) is 14.9. The van der Waals surface area contributed by atoms with Gasteiger partial charge in [0.15, 0.2) is 0 Å². The number of benzene rings is 1. The molecule has 1 heterocycles. The SMILES string of the molecule is CN=C(NC)C1=CC(C)(C)Oc2ccc([N+](=O)[O-])cc21. The van der Waals surface area contributed by atoms with Crippen LogP contribution in [0, 0.1) is 10.1 Å². The van der Waals surface area contributed by atoms with Crippen molar-refractivity contribution < 1.29 is 9.66 Å². The number of nitro benzene ring substituents is 1. The van der Waals surface area contributed by atoms with E-state index >= 15 is 0 Å². The number of rotatable bonds is 2. The lowest BCUT2D eigenvalue weighted by Crippen LogP contribution is -2.32. The molecule has 0 unspecified atom stereocenters. The van der Waals surface area contributed by atoms with Crippen molar-refractivity contribution in [3.63, 3.8) is 0 Å². The molecule has 1 N–H and O–H groups in total. The molecule has 0 atom stereocenters. The summed E-state index contributed by atoms with van der Waals surface area (Å²) < 4.78 is 5.84. The molecule has 0 amide bonds. The van der Waals surface area contributed by atoms with E-state index in [9.17, 15) is 10.1 Å². The Balaban J connectivity index is 2.64. The molecular formula is C14H17N3O3. The summed E-state index contributed by atoms with van der Waals surface area (Å²) in [6, 6.07) is 4.59. The first-order valence-electron chi connectivity index (χ1n) is 6.23. The van der Waals surface area contributed by atoms with Gasteiger partial charge in [0.2, 0.25) is 0 Å². The van der Waals surface area contributed by atoms with Crippen LogP contribution in [0.4, 0.5) is 5.69 Å². The van der Waals surface area contributed by atoms with Crippen LogP contribution in [0.3, 0.4) is 0 Å². The largest absolute Gasteiger partial charge is 0.483 e. The molecule has 1 aliphatic heterocycles. The number of nitrogens with zero attached hydrogens (tertiary/aromatic N) is 2. The van der Waals surface area contributed by atoms with E-state index in [-0.39, 0.29) is 5.69 Å². The maximum atomic E-state index is 10.9. The Morgan fingerprint density at radius 3 is 2.70 bits per heavy atom. The zero-order valence-corrected chi connectivity index (χ0v) is 11.9. The molecule has 2 rings (SSSR count). The molecule has 0 saturated heterocycles. The van der Waals surface area contributed by atoms with Crippen molar-refractivity contribution in [1.29, 1.82) is 0 Å². The second-order valence-electron chi connectivity index (χ2n) is 5.02. The molecule has 0 spiro atoms. The number of likely N-dealkylation sites (N-methyl/N-ethyl adjacent to an activating group) is 1. The van der Waals surface area contributed by atoms with Crippen LogP contribution in [0.1, 0.15) is 19.4 Å². The van der Waals surface area contributed by atoms with Crippen LogP contribution in [0.25, 0.3) is 5.57 Å². The summed E-state index contributed by atoms with van der Waals surface area (Å²) in [5.74, 6) is 1.29. The van der Waals surface area contributed by atoms with Gasteiger partial charge in [-0.25, -0.2) is 0 Å². The number of hydrogen-bond donors (Lipinski definition) is 1. The normalized spacial score (nSPS) is 16.8. The van der Waals surface area contributed by atoms with Crippen LogP contribution in [-0.2, 0) is 0 Å². The summed E-state index contributed by atoms with van der Waals surface area (Å²) in [5, 5.41) is 13.9. The summed E-state index contributed by atoms with van der Waals surface area (Å²) in [7, 11) is 3.44.